The van der Waals surface area contributed by atoms with Crippen molar-refractivity contribution in [3.05, 3.63) is 63.7 Å². The van der Waals surface area contributed by atoms with Gasteiger partial charge in [-0.15, -0.1) is 0 Å². The Morgan fingerprint density at radius 3 is 2.63 bits per heavy atom. The van der Waals surface area contributed by atoms with Crippen LogP contribution in [0.3, 0.4) is 0 Å². The Morgan fingerprint density at radius 2 is 1.93 bits per heavy atom. The number of esters is 1. The van der Waals surface area contributed by atoms with Gasteiger partial charge in [0.05, 0.1) is 10.8 Å². The number of nitrogens with one attached hydrogen (secondary N) is 1. The van der Waals surface area contributed by atoms with Gasteiger partial charge in [0.25, 0.3) is 11.6 Å². The molecule has 2 amide bonds. The number of amides is 2. The third-order valence-electron chi connectivity index (χ3n) is 4.90. The summed E-state index contributed by atoms with van der Waals surface area (Å²) in [6.07, 6.45) is 0.0128. The molecular formula is C21H21N3O6. The van der Waals surface area contributed by atoms with Gasteiger partial charge >= 0.3 is 5.97 Å². The topological polar surface area (TPSA) is 119 Å². The van der Waals surface area contributed by atoms with E-state index in [9.17, 15) is 24.5 Å². The second kappa shape index (κ2) is 8.73. The van der Waals surface area contributed by atoms with Crippen molar-refractivity contribution in [2.45, 2.75) is 20.3 Å². The summed E-state index contributed by atoms with van der Waals surface area (Å²) in [5, 5.41) is 13.5. The Kier molecular flexibility index (Phi) is 6.10. The maximum atomic E-state index is 12.3. The SMILES string of the molecule is Cc1ccccc1N1C[C@H](C(=O)OCC(=O)Nc2ccc(C)c([N+](=O)[O-])c2)CC1=O. The highest BCUT2D eigenvalue weighted by Gasteiger charge is 2.36. The van der Waals surface area contributed by atoms with Crippen molar-refractivity contribution in [1.82, 2.24) is 0 Å². The number of rotatable bonds is 6. The number of benzene rings is 2. The summed E-state index contributed by atoms with van der Waals surface area (Å²) in [4.78, 5) is 48.7. The fraction of sp³-hybridized carbons (Fsp3) is 0.286. The molecule has 0 spiro atoms. The fourth-order valence-electron chi connectivity index (χ4n) is 3.30. The summed E-state index contributed by atoms with van der Waals surface area (Å²) in [5.74, 6) is -2.10. The van der Waals surface area contributed by atoms with Crippen LogP contribution in [0.1, 0.15) is 17.5 Å². The van der Waals surface area contributed by atoms with Crippen LogP contribution in [-0.2, 0) is 19.1 Å². The molecule has 0 aliphatic carbocycles. The molecule has 0 saturated carbocycles. The van der Waals surface area contributed by atoms with Gasteiger partial charge in [0.2, 0.25) is 5.91 Å². The number of carbonyl (C=O) groups excluding carboxylic acids is 3. The second-order valence-corrected chi connectivity index (χ2v) is 7.11. The van der Waals surface area contributed by atoms with Crippen LogP contribution in [0, 0.1) is 29.9 Å². The zero-order valence-corrected chi connectivity index (χ0v) is 16.6. The summed E-state index contributed by atoms with van der Waals surface area (Å²) in [5.41, 5.74) is 2.25. The molecule has 1 heterocycles. The molecule has 0 radical (unpaired) electrons. The first-order valence-electron chi connectivity index (χ1n) is 9.34. The van der Waals surface area contributed by atoms with Crippen LogP contribution >= 0.6 is 0 Å². The second-order valence-electron chi connectivity index (χ2n) is 7.11. The Labute approximate surface area is 172 Å². The molecule has 156 valence electrons. The molecule has 0 aromatic heterocycles. The number of carbonyl (C=O) groups is 3. The van der Waals surface area contributed by atoms with Crippen molar-refractivity contribution in [3.8, 4) is 0 Å². The number of aryl methyl sites for hydroxylation is 2. The summed E-state index contributed by atoms with van der Waals surface area (Å²) in [6, 6.07) is 11.7. The first-order valence-corrected chi connectivity index (χ1v) is 9.34. The summed E-state index contributed by atoms with van der Waals surface area (Å²) in [7, 11) is 0. The lowest BCUT2D eigenvalue weighted by Gasteiger charge is -2.18. The standard InChI is InChI=1S/C21H21N3O6/c1-13-5-3-4-6-17(13)23-11-15(9-20(23)26)21(27)30-12-19(25)22-16-8-7-14(2)18(10-16)24(28)29/h3-8,10,15H,9,11-12H2,1-2H3,(H,22,25)/t15-/m1/s1. The van der Waals surface area contributed by atoms with Crippen LogP contribution in [0.2, 0.25) is 0 Å². The Balaban J connectivity index is 1.55. The third-order valence-corrected chi connectivity index (χ3v) is 4.90. The number of para-hydroxylation sites is 1. The smallest absolute Gasteiger partial charge is 0.311 e. The van der Waals surface area contributed by atoms with Crippen molar-refractivity contribution in [2.75, 3.05) is 23.4 Å². The van der Waals surface area contributed by atoms with E-state index >= 15 is 0 Å². The Hall–Kier alpha value is -3.75. The molecule has 1 atom stereocenters. The molecule has 1 N–H and O–H groups in total. The van der Waals surface area contributed by atoms with E-state index in [-0.39, 0.29) is 30.2 Å². The normalized spacial score (nSPS) is 15.7. The maximum absolute atomic E-state index is 12.3. The van der Waals surface area contributed by atoms with E-state index in [1.807, 2.05) is 31.2 Å². The Morgan fingerprint density at radius 1 is 1.20 bits per heavy atom. The minimum absolute atomic E-state index is 0.0128. The van der Waals surface area contributed by atoms with E-state index in [4.69, 9.17) is 4.74 Å². The molecule has 30 heavy (non-hydrogen) atoms. The average molecular weight is 411 g/mol. The molecule has 1 fully saturated rings. The van der Waals surface area contributed by atoms with Crippen LogP contribution in [0.5, 0.6) is 0 Å². The minimum atomic E-state index is -0.662. The largest absolute Gasteiger partial charge is 0.455 e. The predicted molar refractivity (Wildman–Crippen MR) is 109 cm³/mol. The van der Waals surface area contributed by atoms with E-state index in [0.717, 1.165) is 11.3 Å². The van der Waals surface area contributed by atoms with Gasteiger partial charge in [0.15, 0.2) is 6.61 Å². The van der Waals surface area contributed by atoms with Gasteiger partial charge in [-0.05, 0) is 31.5 Å². The van der Waals surface area contributed by atoms with Crippen LogP contribution in [0.15, 0.2) is 42.5 Å². The number of hydrogen-bond acceptors (Lipinski definition) is 6. The lowest BCUT2D eigenvalue weighted by molar-refractivity contribution is -0.385. The minimum Gasteiger partial charge on any atom is -0.455 e. The number of nitro benzene ring substituents is 1. The number of hydrogen-bond donors (Lipinski definition) is 1. The zero-order chi connectivity index (χ0) is 21.8. The molecule has 9 heteroatoms. The Bertz CT molecular complexity index is 1020. The molecule has 9 nitrogen and oxygen atoms in total. The van der Waals surface area contributed by atoms with Crippen molar-refractivity contribution in [1.29, 1.82) is 0 Å². The van der Waals surface area contributed by atoms with Crippen molar-refractivity contribution in [2.24, 2.45) is 5.92 Å². The van der Waals surface area contributed by atoms with E-state index in [1.165, 1.54) is 18.2 Å². The van der Waals surface area contributed by atoms with Crippen molar-refractivity contribution < 1.29 is 24.0 Å². The van der Waals surface area contributed by atoms with E-state index in [2.05, 4.69) is 5.32 Å². The molecular weight excluding hydrogens is 390 g/mol. The van der Waals surface area contributed by atoms with E-state index < -0.39 is 29.3 Å². The van der Waals surface area contributed by atoms with Gasteiger partial charge in [-0.3, -0.25) is 24.5 Å². The number of ether oxygens (including phenoxy) is 1. The maximum Gasteiger partial charge on any atom is 0.311 e. The highest BCUT2D eigenvalue weighted by Crippen LogP contribution is 2.28. The van der Waals surface area contributed by atoms with Crippen LogP contribution in [0.25, 0.3) is 0 Å². The zero-order valence-electron chi connectivity index (χ0n) is 16.6. The molecule has 2 aromatic rings. The van der Waals surface area contributed by atoms with Gasteiger partial charge in [-0.25, -0.2) is 0 Å². The lowest BCUT2D eigenvalue weighted by Crippen LogP contribution is -2.28. The molecule has 1 aliphatic rings. The monoisotopic (exact) mass is 411 g/mol. The number of anilines is 2. The molecule has 1 aliphatic heterocycles. The van der Waals surface area contributed by atoms with Gasteiger partial charge in [-0.2, -0.15) is 0 Å². The number of nitro groups is 1. The molecule has 2 aromatic carbocycles. The van der Waals surface area contributed by atoms with Gasteiger partial charge < -0.3 is 15.0 Å². The molecule has 1 saturated heterocycles. The van der Waals surface area contributed by atoms with Crippen molar-refractivity contribution >= 4 is 34.8 Å². The third kappa shape index (κ3) is 4.62. The van der Waals surface area contributed by atoms with E-state index in [1.54, 1.807) is 11.8 Å². The lowest BCUT2D eigenvalue weighted by atomic mass is 10.1. The average Bonchev–Trinajstić information content (AvgIpc) is 3.09. The van der Waals surface area contributed by atoms with Crippen molar-refractivity contribution in [3.63, 3.8) is 0 Å². The molecule has 0 bridgehead atoms. The van der Waals surface area contributed by atoms with Crippen LogP contribution in [0.4, 0.5) is 17.1 Å². The first kappa shape index (κ1) is 21.0. The molecule has 3 rings (SSSR count). The summed E-state index contributed by atoms with van der Waals surface area (Å²) >= 11 is 0. The van der Waals surface area contributed by atoms with Crippen LogP contribution < -0.4 is 10.2 Å². The van der Waals surface area contributed by atoms with Crippen LogP contribution in [-0.4, -0.2) is 35.9 Å². The van der Waals surface area contributed by atoms with Gasteiger partial charge in [0.1, 0.15) is 0 Å². The summed E-state index contributed by atoms with van der Waals surface area (Å²) < 4.78 is 5.06. The predicted octanol–water partition coefficient (Wildman–Crippen LogP) is 2.75. The van der Waals surface area contributed by atoms with Gasteiger partial charge in [0, 0.05) is 36.0 Å². The van der Waals surface area contributed by atoms with E-state index in [0.29, 0.717) is 5.56 Å². The highest BCUT2D eigenvalue weighted by atomic mass is 16.6. The first-order chi connectivity index (χ1) is 14.3. The quantitative estimate of drug-likeness (QED) is 0.443. The summed E-state index contributed by atoms with van der Waals surface area (Å²) in [6.45, 7) is 3.12. The fourth-order valence-corrected chi connectivity index (χ4v) is 3.30. The molecule has 0 unspecified atom stereocenters. The van der Waals surface area contributed by atoms with Gasteiger partial charge in [-0.1, -0.05) is 24.3 Å². The highest BCUT2D eigenvalue weighted by molar-refractivity contribution is 6.00. The number of nitrogens with zero attached hydrogens (tertiary/aromatic N) is 2.